The number of carbonyl (C=O) groups excluding carboxylic acids is 3. The Labute approximate surface area is 190 Å². The molecule has 0 spiro atoms. The molecule has 1 fully saturated rings. The summed E-state index contributed by atoms with van der Waals surface area (Å²) in [5.41, 5.74) is 0.907. The average molecular weight is 455 g/mol. The van der Waals surface area contributed by atoms with Crippen LogP contribution in [0, 0.1) is 0 Å². The van der Waals surface area contributed by atoms with Gasteiger partial charge in [-0.3, -0.25) is 14.5 Å². The summed E-state index contributed by atoms with van der Waals surface area (Å²) in [4.78, 5) is 39.2. The van der Waals surface area contributed by atoms with Crippen molar-refractivity contribution in [3.63, 3.8) is 0 Å². The Balaban J connectivity index is 1.44. The zero-order valence-corrected chi connectivity index (χ0v) is 18.4. The second-order valence-electron chi connectivity index (χ2n) is 7.70. The van der Waals surface area contributed by atoms with Crippen LogP contribution in [0.4, 0.5) is 5.69 Å². The van der Waals surface area contributed by atoms with E-state index in [4.69, 9.17) is 21.1 Å². The third-order valence-electron chi connectivity index (χ3n) is 5.66. The Morgan fingerprint density at radius 3 is 2.28 bits per heavy atom. The molecule has 0 saturated heterocycles. The maximum atomic E-state index is 12.9. The van der Waals surface area contributed by atoms with Crippen molar-refractivity contribution in [3.8, 4) is 11.5 Å². The molecule has 1 heterocycles. The number of hydrogen-bond acceptors (Lipinski definition) is 6. The number of imide groups is 1. The predicted octanol–water partition coefficient (Wildman–Crippen LogP) is 4.48. The highest BCUT2D eigenvalue weighted by Crippen LogP contribution is 2.32. The van der Waals surface area contributed by atoms with Crippen molar-refractivity contribution in [1.29, 1.82) is 0 Å². The Morgan fingerprint density at radius 1 is 0.969 bits per heavy atom. The minimum atomic E-state index is -0.547. The number of rotatable bonds is 6. The van der Waals surface area contributed by atoms with Crippen LogP contribution in [0.1, 0.15) is 42.5 Å². The molecule has 7 nitrogen and oxygen atoms in total. The van der Waals surface area contributed by atoms with Gasteiger partial charge >= 0.3 is 5.97 Å². The van der Waals surface area contributed by atoms with Crippen molar-refractivity contribution in [1.82, 2.24) is 4.90 Å². The second-order valence-corrected chi connectivity index (χ2v) is 8.08. The van der Waals surface area contributed by atoms with E-state index in [1.165, 1.54) is 12.0 Å². The van der Waals surface area contributed by atoms with Gasteiger partial charge < -0.3 is 14.8 Å². The molecule has 1 aliphatic heterocycles. The normalized spacial score (nSPS) is 17.0. The lowest BCUT2D eigenvalue weighted by Gasteiger charge is -2.29. The van der Waals surface area contributed by atoms with E-state index in [0.29, 0.717) is 22.7 Å². The molecule has 32 heavy (non-hydrogen) atoms. The number of carbonyl (C=O) groups is 3. The summed E-state index contributed by atoms with van der Waals surface area (Å²) in [5, 5.41) is 2.83. The molecule has 166 valence electrons. The second kappa shape index (κ2) is 9.44. The van der Waals surface area contributed by atoms with Gasteiger partial charge in [-0.2, -0.15) is 0 Å². The monoisotopic (exact) mass is 454 g/mol. The van der Waals surface area contributed by atoms with Gasteiger partial charge in [0.15, 0.2) is 11.5 Å². The van der Waals surface area contributed by atoms with Gasteiger partial charge in [0, 0.05) is 11.7 Å². The smallest absolute Gasteiger partial charge is 0.343 e. The number of halogens is 1. The summed E-state index contributed by atoms with van der Waals surface area (Å²) in [5.74, 6) is -0.645. The lowest BCUT2D eigenvalue weighted by molar-refractivity contribution is -0.140. The van der Waals surface area contributed by atoms with Crippen LogP contribution in [0.15, 0.2) is 59.3 Å². The van der Waals surface area contributed by atoms with E-state index in [2.05, 4.69) is 5.32 Å². The van der Waals surface area contributed by atoms with Gasteiger partial charge in [0.05, 0.1) is 12.7 Å². The first kappa shape index (κ1) is 21.9. The largest absolute Gasteiger partial charge is 0.493 e. The van der Waals surface area contributed by atoms with Crippen molar-refractivity contribution in [2.45, 2.75) is 38.1 Å². The van der Waals surface area contributed by atoms with E-state index in [-0.39, 0.29) is 16.8 Å². The lowest BCUT2D eigenvalue weighted by atomic mass is 9.94. The van der Waals surface area contributed by atoms with Gasteiger partial charge in [0.1, 0.15) is 10.7 Å². The molecule has 2 aliphatic rings. The van der Waals surface area contributed by atoms with E-state index in [0.717, 1.165) is 32.1 Å². The molecule has 0 unspecified atom stereocenters. The van der Waals surface area contributed by atoms with Crippen molar-refractivity contribution < 1.29 is 23.9 Å². The number of para-hydroxylation sites is 2. The van der Waals surface area contributed by atoms with E-state index >= 15 is 0 Å². The first-order chi connectivity index (χ1) is 15.5. The zero-order valence-electron chi connectivity index (χ0n) is 17.6. The third-order valence-corrected chi connectivity index (χ3v) is 6.01. The number of ether oxygens (including phenoxy) is 2. The van der Waals surface area contributed by atoms with E-state index in [1.54, 1.807) is 48.5 Å². The zero-order chi connectivity index (χ0) is 22.7. The van der Waals surface area contributed by atoms with Crippen LogP contribution < -0.4 is 14.8 Å². The molecule has 8 heteroatoms. The topological polar surface area (TPSA) is 84.9 Å². The number of nitrogens with one attached hydrogen (secondary N) is 1. The van der Waals surface area contributed by atoms with Crippen LogP contribution in [0.5, 0.6) is 11.5 Å². The molecule has 2 aromatic rings. The summed E-state index contributed by atoms with van der Waals surface area (Å²) in [6.45, 7) is 0. The lowest BCUT2D eigenvalue weighted by Crippen LogP contribution is -2.42. The molecular weight excluding hydrogens is 432 g/mol. The van der Waals surface area contributed by atoms with Gasteiger partial charge in [0.2, 0.25) is 0 Å². The Bertz CT molecular complexity index is 1070. The van der Waals surface area contributed by atoms with Crippen LogP contribution in [-0.4, -0.2) is 35.8 Å². The fourth-order valence-corrected chi connectivity index (χ4v) is 4.21. The molecule has 0 atom stereocenters. The van der Waals surface area contributed by atoms with E-state index in [1.807, 2.05) is 0 Å². The van der Waals surface area contributed by atoms with Crippen molar-refractivity contribution in [3.05, 3.63) is 64.8 Å². The Morgan fingerprint density at radius 2 is 1.62 bits per heavy atom. The number of nitrogens with zero attached hydrogens (tertiary/aromatic N) is 1. The molecule has 2 aromatic carbocycles. The molecule has 4 rings (SSSR count). The summed E-state index contributed by atoms with van der Waals surface area (Å²) in [6.07, 6.45) is 4.71. The molecule has 1 aliphatic carbocycles. The Kier molecular flexibility index (Phi) is 6.46. The summed E-state index contributed by atoms with van der Waals surface area (Å²) in [7, 11) is 1.50. The van der Waals surface area contributed by atoms with Gasteiger partial charge in [-0.05, 0) is 49.2 Å². The van der Waals surface area contributed by atoms with Crippen LogP contribution in [0.25, 0.3) is 0 Å². The molecular formula is C24H23ClN2O5. The number of methoxy groups -OCH3 is 1. The third kappa shape index (κ3) is 4.34. The number of esters is 1. The Hall–Kier alpha value is -3.32. The predicted molar refractivity (Wildman–Crippen MR) is 120 cm³/mol. The maximum Gasteiger partial charge on any atom is 0.343 e. The molecule has 0 bridgehead atoms. The molecule has 1 saturated carbocycles. The van der Waals surface area contributed by atoms with Gasteiger partial charge in [-0.1, -0.05) is 43.0 Å². The fraction of sp³-hybridized carbons (Fsp3) is 0.292. The highest BCUT2D eigenvalue weighted by atomic mass is 35.5. The van der Waals surface area contributed by atoms with Crippen molar-refractivity contribution >= 4 is 35.1 Å². The summed E-state index contributed by atoms with van der Waals surface area (Å²) < 4.78 is 10.6. The maximum absolute atomic E-state index is 12.9. The van der Waals surface area contributed by atoms with Gasteiger partial charge in [0.25, 0.3) is 11.8 Å². The van der Waals surface area contributed by atoms with Crippen LogP contribution in [0.2, 0.25) is 0 Å². The van der Waals surface area contributed by atoms with Gasteiger partial charge in [-0.15, -0.1) is 0 Å². The fourth-order valence-electron chi connectivity index (χ4n) is 3.99. The average Bonchev–Trinajstić information content (AvgIpc) is 3.03. The van der Waals surface area contributed by atoms with E-state index < -0.39 is 17.8 Å². The minimum Gasteiger partial charge on any atom is -0.493 e. The number of hydrogen-bond donors (Lipinski definition) is 1. The SMILES string of the molecule is COc1ccccc1OC(=O)c1ccc(NC2=C(Cl)C(=O)N(C3CCCCC3)C2=O)cc1. The quantitative estimate of drug-likeness (QED) is 0.393. The first-order valence-corrected chi connectivity index (χ1v) is 10.9. The summed E-state index contributed by atoms with van der Waals surface area (Å²) >= 11 is 6.21. The van der Waals surface area contributed by atoms with Crippen LogP contribution >= 0.6 is 11.6 Å². The highest BCUT2D eigenvalue weighted by Gasteiger charge is 2.42. The molecule has 0 aromatic heterocycles. The van der Waals surface area contributed by atoms with Crippen molar-refractivity contribution in [2.24, 2.45) is 0 Å². The highest BCUT2D eigenvalue weighted by molar-refractivity contribution is 6.48. The first-order valence-electron chi connectivity index (χ1n) is 10.5. The minimum absolute atomic E-state index is 0.0617. The number of benzene rings is 2. The van der Waals surface area contributed by atoms with Gasteiger partial charge in [-0.25, -0.2) is 4.79 Å². The van der Waals surface area contributed by atoms with E-state index in [9.17, 15) is 14.4 Å². The standard InChI is InChI=1S/C24H23ClN2O5/c1-31-18-9-5-6-10-19(18)32-24(30)15-11-13-16(14-12-15)26-21-20(25)22(28)27(23(21)29)17-7-3-2-4-8-17/h5-6,9-14,17,26H,2-4,7-8H2,1H3. The van der Waals surface area contributed by atoms with Crippen LogP contribution in [0.3, 0.4) is 0 Å². The molecule has 0 radical (unpaired) electrons. The van der Waals surface area contributed by atoms with Crippen molar-refractivity contribution in [2.75, 3.05) is 12.4 Å². The summed E-state index contributed by atoms with van der Waals surface area (Å²) in [6, 6.07) is 13.1. The van der Waals surface area contributed by atoms with Crippen LogP contribution in [-0.2, 0) is 9.59 Å². The molecule has 2 amide bonds. The number of anilines is 1. The molecule has 1 N–H and O–H groups in total. The number of amides is 2.